The van der Waals surface area contributed by atoms with Crippen molar-refractivity contribution in [3.05, 3.63) is 53.6 Å². The van der Waals surface area contributed by atoms with Gasteiger partial charge in [0.1, 0.15) is 12.4 Å². The molecule has 0 bridgehead atoms. The van der Waals surface area contributed by atoms with Gasteiger partial charge in [-0.15, -0.1) is 5.10 Å². The minimum absolute atomic E-state index is 0.0964. The van der Waals surface area contributed by atoms with Crippen molar-refractivity contribution < 1.29 is 14.2 Å². The van der Waals surface area contributed by atoms with Crippen LogP contribution in [-0.2, 0) is 6.61 Å². The lowest BCUT2D eigenvalue weighted by Crippen LogP contribution is -2.21. The van der Waals surface area contributed by atoms with Crippen LogP contribution in [0.3, 0.4) is 0 Å². The molecule has 7 heteroatoms. The van der Waals surface area contributed by atoms with E-state index >= 15 is 0 Å². The summed E-state index contributed by atoms with van der Waals surface area (Å²) in [5.41, 5.74) is 12.2. The molecule has 0 aliphatic heterocycles. The number of ether oxygens (including phenoxy) is 3. The van der Waals surface area contributed by atoms with Gasteiger partial charge in [0.2, 0.25) is 5.96 Å². The van der Waals surface area contributed by atoms with Crippen LogP contribution < -0.4 is 25.7 Å². The first-order valence-corrected chi connectivity index (χ1v) is 7.77. The highest BCUT2D eigenvalue weighted by Crippen LogP contribution is 2.28. The highest BCUT2D eigenvalue weighted by atomic mass is 16.5. The summed E-state index contributed by atoms with van der Waals surface area (Å²) in [7, 11) is 1.61. The van der Waals surface area contributed by atoms with Crippen molar-refractivity contribution in [2.75, 3.05) is 13.7 Å². The molecule has 2 rings (SSSR count). The van der Waals surface area contributed by atoms with E-state index in [1.807, 2.05) is 49.4 Å². The molecule has 0 aromatic heterocycles. The van der Waals surface area contributed by atoms with E-state index in [0.717, 1.165) is 11.1 Å². The van der Waals surface area contributed by atoms with Crippen molar-refractivity contribution in [2.24, 2.45) is 21.7 Å². The van der Waals surface area contributed by atoms with Crippen molar-refractivity contribution in [3.63, 3.8) is 0 Å². The minimum Gasteiger partial charge on any atom is -0.496 e. The molecule has 2 aromatic rings. The molecule has 0 amide bonds. The number of nitrogens with zero attached hydrogens (tertiary/aromatic N) is 2. The van der Waals surface area contributed by atoms with Gasteiger partial charge in [0, 0.05) is 5.56 Å². The molecule has 0 saturated carbocycles. The van der Waals surface area contributed by atoms with Gasteiger partial charge in [0.05, 0.1) is 19.9 Å². The molecule has 0 fully saturated rings. The van der Waals surface area contributed by atoms with Gasteiger partial charge >= 0.3 is 0 Å². The molecule has 0 spiro atoms. The Balaban J connectivity index is 2.17. The Morgan fingerprint density at radius 2 is 1.76 bits per heavy atom. The second-order valence-electron chi connectivity index (χ2n) is 5.01. The number of nitrogens with two attached hydrogens (primary N) is 2. The lowest BCUT2D eigenvalue weighted by Gasteiger charge is -2.13. The number of hydrogen-bond donors (Lipinski definition) is 2. The predicted octanol–water partition coefficient (Wildman–Crippen LogP) is 2.28. The molecule has 25 heavy (non-hydrogen) atoms. The molecule has 2 aromatic carbocycles. The van der Waals surface area contributed by atoms with Gasteiger partial charge in [-0.25, -0.2) is 0 Å². The highest BCUT2D eigenvalue weighted by molar-refractivity contribution is 5.82. The second-order valence-corrected chi connectivity index (χ2v) is 5.01. The topological polar surface area (TPSA) is 104 Å². The molecule has 132 valence electrons. The predicted molar refractivity (Wildman–Crippen MR) is 98.3 cm³/mol. The van der Waals surface area contributed by atoms with Gasteiger partial charge in [-0.2, -0.15) is 5.10 Å². The smallest absolute Gasteiger partial charge is 0.211 e. The summed E-state index contributed by atoms with van der Waals surface area (Å²) in [5, 5.41) is 7.39. The van der Waals surface area contributed by atoms with Gasteiger partial charge in [-0.05, 0) is 42.8 Å². The fourth-order valence-electron chi connectivity index (χ4n) is 2.15. The molecule has 7 nitrogen and oxygen atoms in total. The van der Waals surface area contributed by atoms with Crippen LogP contribution in [0.2, 0.25) is 0 Å². The zero-order valence-electron chi connectivity index (χ0n) is 14.3. The van der Waals surface area contributed by atoms with Gasteiger partial charge in [0.25, 0.3) is 0 Å². The van der Waals surface area contributed by atoms with E-state index in [1.54, 1.807) is 13.3 Å². The Kier molecular flexibility index (Phi) is 6.65. The molecule has 0 aliphatic carbocycles. The molecule has 0 aliphatic rings. The van der Waals surface area contributed by atoms with Crippen molar-refractivity contribution in [3.8, 4) is 17.2 Å². The second kappa shape index (κ2) is 9.17. The molecule has 0 saturated heterocycles. The number of hydrogen-bond acceptors (Lipinski definition) is 5. The maximum atomic E-state index is 5.90. The first-order chi connectivity index (χ1) is 12.1. The summed E-state index contributed by atoms with van der Waals surface area (Å²) in [5.74, 6) is 1.99. The molecule has 4 N–H and O–H groups in total. The van der Waals surface area contributed by atoms with Crippen molar-refractivity contribution in [1.29, 1.82) is 0 Å². The molecular weight excluding hydrogens is 320 g/mol. The molecule has 0 atom stereocenters. The van der Waals surface area contributed by atoms with Crippen LogP contribution in [-0.4, -0.2) is 25.9 Å². The number of guanidine groups is 1. The van der Waals surface area contributed by atoms with Gasteiger partial charge < -0.3 is 25.7 Å². The minimum atomic E-state index is -0.0964. The average Bonchev–Trinajstić information content (AvgIpc) is 2.61. The van der Waals surface area contributed by atoms with Gasteiger partial charge in [0.15, 0.2) is 11.5 Å². The Labute approximate surface area is 146 Å². The fraction of sp³-hybridized carbons (Fsp3) is 0.222. The number of methoxy groups -OCH3 is 1. The van der Waals surface area contributed by atoms with Crippen molar-refractivity contribution >= 4 is 12.2 Å². The van der Waals surface area contributed by atoms with Crippen molar-refractivity contribution in [1.82, 2.24) is 0 Å². The molecule has 0 heterocycles. The molecule has 0 unspecified atom stereocenters. The van der Waals surface area contributed by atoms with Gasteiger partial charge in [-0.3, -0.25) is 0 Å². The summed E-state index contributed by atoms with van der Waals surface area (Å²) in [6, 6.07) is 13.1. The summed E-state index contributed by atoms with van der Waals surface area (Å²) < 4.78 is 16.9. The highest BCUT2D eigenvalue weighted by Gasteiger charge is 2.08. The van der Waals surface area contributed by atoms with E-state index in [2.05, 4.69) is 10.2 Å². The van der Waals surface area contributed by atoms with Crippen LogP contribution in [0.4, 0.5) is 0 Å². The van der Waals surface area contributed by atoms with E-state index in [0.29, 0.717) is 30.5 Å². The normalized spacial score (nSPS) is 10.5. The summed E-state index contributed by atoms with van der Waals surface area (Å²) >= 11 is 0. The van der Waals surface area contributed by atoms with Crippen molar-refractivity contribution in [2.45, 2.75) is 13.5 Å². The maximum Gasteiger partial charge on any atom is 0.211 e. The zero-order chi connectivity index (χ0) is 18.1. The quantitative estimate of drug-likeness (QED) is 0.435. The lowest BCUT2D eigenvalue weighted by molar-refractivity contribution is 0.265. The maximum absolute atomic E-state index is 5.90. The first kappa shape index (κ1) is 18.1. The van der Waals surface area contributed by atoms with E-state index < -0.39 is 0 Å². The number of para-hydroxylation sites is 2. The number of benzene rings is 2. The van der Waals surface area contributed by atoms with Gasteiger partial charge in [-0.1, -0.05) is 12.1 Å². The van der Waals surface area contributed by atoms with E-state index in [-0.39, 0.29) is 5.96 Å². The Morgan fingerprint density at radius 1 is 1.04 bits per heavy atom. The van der Waals surface area contributed by atoms with Crippen LogP contribution in [0.15, 0.2) is 52.7 Å². The van der Waals surface area contributed by atoms with Crippen LogP contribution >= 0.6 is 0 Å². The average molecular weight is 342 g/mol. The van der Waals surface area contributed by atoms with Crippen LogP contribution in [0.25, 0.3) is 0 Å². The Hall–Kier alpha value is -3.22. The fourth-order valence-corrected chi connectivity index (χ4v) is 2.15. The zero-order valence-corrected chi connectivity index (χ0v) is 14.3. The summed E-state index contributed by atoms with van der Waals surface area (Å²) in [6.45, 7) is 2.82. The first-order valence-electron chi connectivity index (χ1n) is 7.77. The SMILES string of the molecule is CCOc1ccccc1OCc1cc(C=NN=C(N)N)ccc1OC. The molecular formula is C18H22N4O3. The van der Waals surface area contributed by atoms with E-state index in [1.165, 1.54) is 0 Å². The lowest BCUT2D eigenvalue weighted by atomic mass is 10.1. The van der Waals surface area contributed by atoms with E-state index in [9.17, 15) is 0 Å². The summed E-state index contributed by atoms with van der Waals surface area (Å²) in [6.07, 6.45) is 1.55. The largest absolute Gasteiger partial charge is 0.496 e. The third kappa shape index (κ3) is 5.42. The Bertz CT molecular complexity index is 756. The van der Waals surface area contributed by atoms with Crippen LogP contribution in [0.1, 0.15) is 18.1 Å². The van der Waals surface area contributed by atoms with Crippen LogP contribution in [0, 0.1) is 0 Å². The monoisotopic (exact) mass is 342 g/mol. The standard InChI is InChI=1S/C18H22N4O3/c1-3-24-16-6-4-5-7-17(16)25-12-14-10-13(8-9-15(14)23-2)11-21-22-18(19)20/h4-11H,3,12H2,1-2H3,(H4,19,20,22). The third-order valence-electron chi connectivity index (χ3n) is 3.22. The third-order valence-corrected chi connectivity index (χ3v) is 3.22. The number of rotatable bonds is 8. The summed E-state index contributed by atoms with van der Waals surface area (Å²) in [4.78, 5) is 0. The Morgan fingerprint density at radius 3 is 2.40 bits per heavy atom. The van der Waals surface area contributed by atoms with Crippen LogP contribution in [0.5, 0.6) is 17.2 Å². The molecule has 0 radical (unpaired) electrons. The van der Waals surface area contributed by atoms with E-state index in [4.69, 9.17) is 25.7 Å².